The maximum atomic E-state index is 2.46. The molecule has 9 rings (SSSR count). The quantitative estimate of drug-likeness (QED) is 0.218. The highest BCUT2D eigenvalue weighted by Crippen LogP contribution is 2.43. The number of hydrogen-bond donors (Lipinski definition) is 0. The third-order valence-corrected chi connectivity index (χ3v) is 8.70. The molecule has 2 aromatic heterocycles. The Bertz CT molecular complexity index is 2360. The molecule has 0 radical (unpaired) electrons. The van der Waals surface area contributed by atoms with Crippen LogP contribution in [0.15, 0.2) is 158 Å². The summed E-state index contributed by atoms with van der Waals surface area (Å²) in [4.78, 5) is 2.36. The molecule has 0 bridgehead atoms. The van der Waals surface area contributed by atoms with Crippen molar-refractivity contribution in [2.24, 2.45) is 0 Å². The molecule has 2 heterocycles. The minimum absolute atomic E-state index is 1.14. The summed E-state index contributed by atoms with van der Waals surface area (Å²) in [5, 5.41) is 7.70. The van der Waals surface area contributed by atoms with E-state index in [1.165, 1.54) is 65.7 Å². The van der Waals surface area contributed by atoms with Gasteiger partial charge in [0.1, 0.15) is 0 Å². The molecule has 0 aliphatic carbocycles. The molecule has 0 saturated carbocycles. The lowest BCUT2D eigenvalue weighted by atomic mass is 9.96. The van der Waals surface area contributed by atoms with Crippen LogP contribution in [0.3, 0.4) is 0 Å². The Morgan fingerprint density at radius 3 is 1.71 bits per heavy atom. The molecule has 0 amide bonds. The van der Waals surface area contributed by atoms with Gasteiger partial charge in [-0.25, -0.2) is 0 Å². The first-order valence-corrected chi connectivity index (χ1v) is 14.5. The van der Waals surface area contributed by atoms with E-state index in [4.69, 9.17) is 0 Å². The predicted molar refractivity (Wildman–Crippen MR) is 179 cm³/mol. The van der Waals surface area contributed by atoms with E-state index in [-0.39, 0.29) is 0 Å². The Kier molecular flexibility index (Phi) is 4.93. The van der Waals surface area contributed by atoms with Crippen LogP contribution < -0.4 is 4.90 Å². The second-order valence-corrected chi connectivity index (χ2v) is 11.0. The van der Waals surface area contributed by atoms with Gasteiger partial charge in [0, 0.05) is 38.3 Å². The predicted octanol–water partition coefficient (Wildman–Crippen LogP) is 11.1. The second-order valence-electron chi connectivity index (χ2n) is 11.0. The highest BCUT2D eigenvalue weighted by molar-refractivity contribution is 6.23. The molecule has 7 aromatic carbocycles. The molecule has 9 aromatic rings. The first-order valence-electron chi connectivity index (χ1n) is 14.5. The first kappa shape index (κ1) is 23.1. The Morgan fingerprint density at radius 1 is 0.381 bits per heavy atom. The van der Waals surface area contributed by atoms with E-state index >= 15 is 0 Å². The van der Waals surface area contributed by atoms with Crippen molar-refractivity contribution in [1.29, 1.82) is 0 Å². The van der Waals surface area contributed by atoms with Crippen LogP contribution in [-0.4, -0.2) is 4.40 Å². The molecule has 0 atom stereocenters. The number of aromatic nitrogens is 1. The van der Waals surface area contributed by atoms with E-state index in [2.05, 4.69) is 167 Å². The molecule has 0 unspecified atom stereocenters. The Balaban J connectivity index is 1.30. The van der Waals surface area contributed by atoms with Crippen molar-refractivity contribution in [3.8, 4) is 11.1 Å². The van der Waals surface area contributed by atoms with Crippen LogP contribution >= 0.6 is 0 Å². The lowest BCUT2D eigenvalue weighted by molar-refractivity contribution is 1.30. The molecular weight excluding hydrogens is 508 g/mol. The van der Waals surface area contributed by atoms with Crippen LogP contribution in [0.1, 0.15) is 0 Å². The van der Waals surface area contributed by atoms with Gasteiger partial charge in [-0.2, -0.15) is 0 Å². The summed E-state index contributed by atoms with van der Waals surface area (Å²) >= 11 is 0. The first-order chi connectivity index (χ1) is 20.9. The van der Waals surface area contributed by atoms with Gasteiger partial charge in [0.2, 0.25) is 0 Å². The summed E-state index contributed by atoms with van der Waals surface area (Å²) in [6.45, 7) is 0. The van der Waals surface area contributed by atoms with E-state index in [1.807, 2.05) is 0 Å². The highest BCUT2D eigenvalue weighted by Gasteiger charge is 2.19. The van der Waals surface area contributed by atoms with Gasteiger partial charge in [0.25, 0.3) is 0 Å². The minimum Gasteiger partial charge on any atom is -0.310 e. The van der Waals surface area contributed by atoms with Crippen molar-refractivity contribution in [2.45, 2.75) is 0 Å². The molecule has 0 fully saturated rings. The topological polar surface area (TPSA) is 7.65 Å². The van der Waals surface area contributed by atoms with Crippen molar-refractivity contribution in [3.63, 3.8) is 0 Å². The standard InChI is InChI=1S/C40H26N2/c1-3-12-28(13-4-1)41(29-14-5-2-6-15-29)37-23-11-18-31-30(17-9-19-32(31)37)27-24-25-34-36-21-10-20-35-33-16-7-8-22-38(33)42(40(35)36)39(34)26-27/h1-26H. The van der Waals surface area contributed by atoms with Crippen molar-refractivity contribution >= 4 is 65.9 Å². The van der Waals surface area contributed by atoms with Gasteiger partial charge in [0.15, 0.2) is 0 Å². The lowest BCUT2D eigenvalue weighted by Gasteiger charge is -2.27. The monoisotopic (exact) mass is 534 g/mol. The Labute approximate surface area is 243 Å². The molecule has 2 heteroatoms. The maximum absolute atomic E-state index is 2.46. The van der Waals surface area contributed by atoms with E-state index in [0.717, 1.165) is 11.4 Å². The van der Waals surface area contributed by atoms with Crippen molar-refractivity contribution < 1.29 is 0 Å². The number of fused-ring (bicyclic) bond motifs is 7. The zero-order chi connectivity index (χ0) is 27.6. The molecule has 0 saturated heterocycles. The summed E-state index contributed by atoms with van der Waals surface area (Å²) < 4.78 is 2.46. The maximum Gasteiger partial charge on any atom is 0.0620 e. The molecule has 0 spiro atoms. The van der Waals surface area contributed by atoms with Crippen LogP contribution in [0, 0.1) is 0 Å². The van der Waals surface area contributed by atoms with Crippen molar-refractivity contribution in [1.82, 2.24) is 4.40 Å². The summed E-state index contributed by atoms with van der Waals surface area (Å²) in [6, 6.07) is 57.1. The largest absolute Gasteiger partial charge is 0.310 e. The normalized spacial score (nSPS) is 11.8. The number of nitrogens with zero attached hydrogens (tertiary/aromatic N) is 2. The summed E-state index contributed by atoms with van der Waals surface area (Å²) in [6.07, 6.45) is 0. The molecule has 196 valence electrons. The smallest absolute Gasteiger partial charge is 0.0620 e. The SMILES string of the molecule is c1ccc(N(c2ccccc2)c2cccc3c(-c4ccc5c6cccc7c8ccccc8n(c5c4)c76)cccc23)cc1. The molecule has 2 nitrogen and oxygen atoms in total. The van der Waals surface area contributed by atoms with Gasteiger partial charge in [-0.15, -0.1) is 0 Å². The molecule has 42 heavy (non-hydrogen) atoms. The lowest BCUT2D eigenvalue weighted by Crippen LogP contribution is -2.10. The van der Waals surface area contributed by atoms with Crippen molar-refractivity contribution in [2.75, 3.05) is 4.90 Å². The average Bonchev–Trinajstić information content (AvgIpc) is 3.58. The number of benzene rings is 7. The van der Waals surface area contributed by atoms with Gasteiger partial charge in [-0.3, -0.25) is 0 Å². The van der Waals surface area contributed by atoms with E-state index < -0.39 is 0 Å². The fourth-order valence-electron chi connectivity index (χ4n) is 6.92. The van der Waals surface area contributed by atoms with Crippen LogP contribution in [0.4, 0.5) is 17.1 Å². The third-order valence-electron chi connectivity index (χ3n) is 8.70. The number of hydrogen-bond acceptors (Lipinski definition) is 1. The fourth-order valence-corrected chi connectivity index (χ4v) is 6.92. The molecule has 0 aliphatic rings. The van der Waals surface area contributed by atoms with Gasteiger partial charge < -0.3 is 9.30 Å². The Hall–Kier alpha value is -5.60. The van der Waals surface area contributed by atoms with Crippen molar-refractivity contribution in [3.05, 3.63) is 158 Å². The summed E-state index contributed by atoms with van der Waals surface area (Å²) in [5.41, 5.74) is 9.73. The average molecular weight is 535 g/mol. The fraction of sp³-hybridized carbons (Fsp3) is 0. The molecule has 0 aliphatic heterocycles. The zero-order valence-electron chi connectivity index (χ0n) is 22.9. The summed E-state index contributed by atoms with van der Waals surface area (Å²) in [7, 11) is 0. The third kappa shape index (κ3) is 3.27. The number of rotatable bonds is 4. The number of anilines is 3. The van der Waals surface area contributed by atoms with Gasteiger partial charge in [0.05, 0.1) is 22.2 Å². The van der Waals surface area contributed by atoms with Gasteiger partial charge in [-0.05, 0) is 59.0 Å². The van der Waals surface area contributed by atoms with E-state index in [9.17, 15) is 0 Å². The van der Waals surface area contributed by atoms with Crippen LogP contribution in [0.25, 0.3) is 60.0 Å². The van der Waals surface area contributed by atoms with E-state index in [1.54, 1.807) is 0 Å². The van der Waals surface area contributed by atoms with Crippen LogP contribution in [0.5, 0.6) is 0 Å². The second kappa shape index (κ2) is 8.95. The van der Waals surface area contributed by atoms with E-state index in [0.29, 0.717) is 0 Å². The summed E-state index contributed by atoms with van der Waals surface area (Å²) in [5.74, 6) is 0. The zero-order valence-corrected chi connectivity index (χ0v) is 22.9. The highest BCUT2D eigenvalue weighted by atomic mass is 15.1. The molecule has 0 N–H and O–H groups in total. The van der Waals surface area contributed by atoms with Gasteiger partial charge >= 0.3 is 0 Å². The number of para-hydroxylation sites is 4. The van der Waals surface area contributed by atoms with Gasteiger partial charge in [-0.1, -0.05) is 115 Å². The van der Waals surface area contributed by atoms with Crippen LogP contribution in [-0.2, 0) is 0 Å². The van der Waals surface area contributed by atoms with Crippen LogP contribution in [0.2, 0.25) is 0 Å². The Morgan fingerprint density at radius 2 is 0.952 bits per heavy atom. The minimum atomic E-state index is 1.14. The molecular formula is C40H26N2.